The molecule has 0 saturated carbocycles. The zero-order valence-corrected chi connectivity index (χ0v) is 17.8. The molecule has 0 rings (SSSR count). The van der Waals surface area contributed by atoms with Crippen molar-refractivity contribution in [1.29, 1.82) is 0 Å². The molecule has 0 aromatic carbocycles. The number of hydrogen-bond acceptors (Lipinski definition) is 4. The zero-order chi connectivity index (χ0) is 19.5. The van der Waals surface area contributed by atoms with Crippen molar-refractivity contribution in [3.05, 3.63) is 12.7 Å². The lowest BCUT2D eigenvalue weighted by Gasteiger charge is -2.07. The van der Waals surface area contributed by atoms with Crippen LogP contribution in [0.15, 0.2) is 12.7 Å². The molecule has 7 heteroatoms. The van der Waals surface area contributed by atoms with Crippen LogP contribution in [0.4, 0.5) is 0 Å². The molecule has 154 valence electrons. The molecule has 0 aliphatic carbocycles. The van der Waals surface area contributed by atoms with Gasteiger partial charge in [-0.3, -0.25) is 0 Å². The minimum Gasteiger partial charge on any atom is -0.463 e. The molecule has 0 unspecified atom stereocenters. The van der Waals surface area contributed by atoms with Crippen LogP contribution in [0.1, 0.15) is 89.9 Å². The van der Waals surface area contributed by atoms with E-state index >= 15 is 0 Å². The summed E-state index contributed by atoms with van der Waals surface area (Å²) >= 11 is 4.39. The minimum atomic E-state index is -3.45. The Labute approximate surface area is 164 Å². The van der Waals surface area contributed by atoms with Gasteiger partial charge in [0.1, 0.15) is 0 Å². The highest BCUT2D eigenvalue weighted by Crippen LogP contribution is 2.36. The fourth-order valence-corrected chi connectivity index (χ4v) is 3.33. The quantitative estimate of drug-likeness (QED) is 0.129. The van der Waals surface area contributed by atoms with Gasteiger partial charge in [-0.25, -0.2) is 4.79 Å². The number of unbranched alkanes of at least 4 members (excludes halogenated alkanes) is 13. The molecule has 0 bridgehead atoms. The maximum absolute atomic E-state index is 10.8. The van der Waals surface area contributed by atoms with Crippen LogP contribution in [0.5, 0.6) is 0 Å². The van der Waals surface area contributed by atoms with Crippen molar-refractivity contribution in [1.82, 2.24) is 0 Å². The normalized spacial score (nSPS) is 11.5. The molecule has 0 saturated heterocycles. The van der Waals surface area contributed by atoms with E-state index in [-0.39, 0.29) is 5.97 Å². The Morgan fingerprint density at radius 2 is 1.12 bits per heavy atom. The van der Waals surface area contributed by atoms with Gasteiger partial charge in [-0.15, -0.1) is 0 Å². The van der Waals surface area contributed by atoms with Crippen molar-refractivity contribution in [2.75, 3.05) is 13.2 Å². The summed E-state index contributed by atoms with van der Waals surface area (Å²) in [7, 11) is 0. The number of rotatable bonds is 19. The highest BCUT2D eigenvalue weighted by atomic mass is 32.5. The summed E-state index contributed by atoms with van der Waals surface area (Å²) in [6.07, 6.45) is 17.9. The van der Waals surface area contributed by atoms with Crippen LogP contribution in [-0.2, 0) is 25.9 Å². The third-order valence-corrected chi connectivity index (χ3v) is 5.04. The first-order valence-electron chi connectivity index (χ1n) is 9.95. The molecule has 5 nitrogen and oxygen atoms in total. The second kappa shape index (κ2) is 18.1. The molecule has 0 spiro atoms. The standard InChI is InChI=1S/C19H37O5PS/c1-2-19(20)23-17-15-13-11-9-7-5-3-4-6-8-10-12-14-16-18-24-25(21,22)26/h2H,1,3-18H2,(H2,21,22,26). The van der Waals surface area contributed by atoms with E-state index < -0.39 is 6.72 Å². The van der Waals surface area contributed by atoms with Gasteiger partial charge in [0.2, 0.25) is 0 Å². The maximum atomic E-state index is 10.8. The van der Waals surface area contributed by atoms with Crippen molar-refractivity contribution >= 4 is 24.5 Å². The molecular weight excluding hydrogens is 371 g/mol. The van der Waals surface area contributed by atoms with Gasteiger partial charge in [-0.1, -0.05) is 83.6 Å². The molecule has 0 amide bonds. The molecule has 0 aliphatic rings. The van der Waals surface area contributed by atoms with E-state index in [1.807, 2.05) is 0 Å². The molecule has 0 aromatic heterocycles. The first kappa shape index (κ1) is 25.7. The van der Waals surface area contributed by atoms with Crippen LogP contribution in [0.2, 0.25) is 0 Å². The Kier molecular flexibility index (Phi) is 17.9. The van der Waals surface area contributed by atoms with E-state index in [0.29, 0.717) is 13.2 Å². The molecule has 0 radical (unpaired) electrons. The summed E-state index contributed by atoms with van der Waals surface area (Å²) in [5.41, 5.74) is 0. The highest BCUT2D eigenvalue weighted by Gasteiger charge is 2.06. The molecular formula is C19H37O5PS. The topological polar surface area (TPSA) is 76.0 Å². The van der Waals surface area contributed by atoms with Gasteiger partial charge in [0.15, 0.2) is 0 Å². The minimum absolute atomic E-state index is 0.327. The van der Waals surface area contributed by atoms with Crippen molar-refractivity contribution in [2.45, 2.75) is 89.9 Å². The molecule has 0 atom stereocenters. The Balaban J connectivity index is 3.08. The maximum Gasteiger partial charge on any atom is 0.330 e. The first-order chi connectivity index (χ1) is 12.5. The van der Waals surface area contributed by atoms with Crippen LogP contribution in [0, 0.1) is 0 Å². The molecule has 0 aliphatic heterocycles. The van der Waals surface area contributed by atoms with Crippen LogP contribution in [0.3, 0.4) is 0 Å². The summed E-state index contributed by atoms with van der Waals surface area (Å²) in [6, 6.07) is 0. The SMILES string of the molecule is C=CC(=O)OCCCCCCCCCCCCCCCCOP(O)(O)=S. The molecule has 26 heavy (non-hydrogen) atoms. The molecule has 0 aromatic rings. The summed E-state index contributed by atoms with van der Waals surface area (Å²) < 4.78 is 9.71. The Morgan fingerprint density at radius 1 is 0.769 bits per heavy atom. The summed E-state index contributed by atoms with van der Waals surface area (Å²) in [5, 5.41) is 0. The molecule has 2 N–H and O–H groups in total. The molecule has 0 heterocycles. The number of hydrogen-bond donors (Lipinski definition) is 2. The van der Waals surface area contributed by atoms with Gasteiger partial charge in [0, 0.05) is 6.08 Å². The van der Waals surface area contributed by atoms with Gasteiger partial charge >= 0.3 is 12.7 Å². The lowest BCUT2D eigenvalue weighted by Crippen LogP contribution is -2.01. The fraction of sp³-hybridized carbons (Fsp3) is 0.842. The van der Waals surface area contributed by atoms with Crippen LogP contribution in [0.25, 0.3) is 0 Å². The van der Waals surface area contributed by atoms with Gasteiger partial charge in [0.25, 0.3) is 0 Å². The largest absolute Gasteiger partial charge is 0.463 e. The van der Waals surface area contributed by atoms with E-state index in [1.54, 1.807) is 0 Å². The van der Waals surface area contributed by atoms with E-state index in [9.17, 15) is 4.79 Å². The highest BCUT2D eigenvalue weighted by molar-refractivity contribution is 8.06. The number of carbonyl (C=O) groups excluding carboxylic acids is 1. The summed E-state index contributed by atoms with van der Waals surface area (Å²) in [6.45, 7) is 0.781. The second-order valence-electron chi connectivity index (χ2n) is 6.65. The van der Waals surface area contributed by atoms with E-state index in [4.69, 9.17) is 19.0 Å². The zero-order valence-electron chi connectivity index (χ0n) is 16.1. The lowest BCUT2D eigenvalue weighted by molar-refractivity contribution is -0.137. The van der Waals surface area contributed by atoms with Crippen molar-refractivity contribution in [3.8, 4) is 0 Å². The summed E-state index contributed by atoms with van der Waals surface area (Å²) in [5.74, 6) is -0.327. The Bertz CT molecular complexity index is 397. The van der Waals surface area contributed by atoms with E-state index in [2.05, 4.69) is 18.4 Å². The third-order valence-electron chi connectivity index (χ3n) is 4.21. The fourth-order valence-electron chi connectivity index (χ4n) is 2.74. The Hall–Kier alpha value is -0.260. The van der Waals surface area contributed by atoms with Crippen molar-refractivity contribution in [3.63, 3.8) is 0 Å². The van der Waals surface area contributed by atoms with Crippen LogP contribution >= 0.6 is 6.72 Å². The second-order valence-corrected chi connectivity index (χ2v) is 9.31. The number of esters is 1. The van der Waals surface area contributed by atoms with E-state index in [0.717, 1.165) is 25.7 Å². The number of ether oxygens (including phenoxy) is 1. The number of carbonyl (C=O) groups is 1. The Morgan fingerprint density at radius 3 is 1.46 bits per heavy atom. The smallest absolute Gasteiger partial charge is 0.330 e. The van der Waals surface area contributed by atoms with Crippen molar-refractivity contribution in [2.24, 2.45) is 0 Å². The average Bonchev–Trinajstić information content (AvgIpc) is 2.59. The monoisotopic (exact) mass is 408 g/mol. The third kappa shape index (κ3) is 21.8. The predicted octanol–water partition coefficient (Wildman–Crippen LogP) is 5.40. The summed E-state index contributed by atoms with van der Waals surface area (Å²) in [4.78, 5) is 28.7. The molecule has 0 fully saturated rings. The van der Waals surface area contributed by atoms with Crippen LogP contribution in [-0.4, -0.2) is 29.0 Å². The average molecular weight is 409 g/mol. The lowest BCUT2D eigenvalue weighted by atomic mass is 10.0. The van der Waals surface area contributed by atoms with Gasteiger partial charge in [0.05, 0.1) is 13.2 Å². The van der Waals surface area contributed by atoms with Crippen LogP contribution < -0.4 is 0 Å². The van der Waals surface area contributed by atoms with Gasteiger partial charge in [-0.05, 0) is 24.6 Å². The van der Waals surface area contributed by atoms with Crippen molar-refractivity contribution < 1.29 is 23.8 Å². The predicted molar refractivity (Wildman–Crippen MR) is 110 cm³/mol. The first-order valence-corrected chi connectivity index (χ1v) is 12.6. The van der Waals surface area contributed by atoms with Gasteiger partial charge in [-0.2, -0.15) is 0 Å². The van der Waals surface area contributed by atoms with Gasteiger partial charge < -0.3 is 19.0 Å². The van der Waals surface area contributed by atoms with E-state index in [1.165, 1.54) is 70.3 Å².